The first-order chi connectivity index (χ1) is 17.5. The van der Waals surface area contributed by atoms with Crippen LogP contribution in [0.3, 0.4) is 0 Å². The van der Waals surface area contributed by atoms with Crippen molar-refractivity contribution in [2.24, 2.45) is 0 Å². The van der Waals surface area contributed by atoms with Crippen molar-refractivity contribution in [2.75, 3.05) is 33.3 Å². The summed E-state index contributed by atoms with van der Waals surface area (Å²) in [6.07, 6.45) is 0. The Morgan fingerprint density at radius 1 is 0.944 bits per heavy atom. The molecule has 2 heterocycles. The number of benzene rings is 2. The SMILES string of the molecule is COc1ccccc1CNC(=O)C(=O)N[C@@H](C)[C@@H](c1cccs1)N1CCN(Cc2ccccc2)CC1. The molecule has 3 aromatic rings. The number of thiophene rings is 1. The number of carbonyl (C=O) groups is 2. The average Bonchev–Trinajstić information content (AvgIpc) is 3.43. The van der Waals surface area contributed by atoms with Crippen molar-refractivity contribution < 1.29 is 14.3 Å². The monoisotopic (exact) mass is 506 g/mol. The molecule has 0 radical (unpaired) electrons. The molecule has 0 saturated carbocycles. The summed E-state index contributed by atoms with van der Waals surface area (Å²) >= 11 is 1.68. The molecule has 1 fully saturated rings. The van der Waals surface area contributed by atoms with Crippen LogP contribution < -0.4 is 15.4 Å². The Bertz CT molecular complexity index is 1110. The topological polar surface area (TPSA) is 73.9 Å². The zero-order valence-corrected chi connectivity index (χ0v) is 21.7. The van der Waals surface area contributed by atoms with E-state index in [4.69, 9.17) is 4.74 Å². The minimum absolute atomic E-state index is 0.00911. The second kappa shape index (κ2) is 12.7. The lowest BCUT2D eigenvalue weighted by atomic mass is 10.0. The lowest BCUT2D eigenvalue weighted by Gasteiger charge is -2.41. The number of carbonyl (C=O) groups excluding carboxylic acids is 2. The molecule has 7 nitrogen and oxygen atoms in total. The quantitative estimate of drug-likeness (QED) is 0.435. The molecule has 2 amide bonds. The van der Waals surface area contributed by atoms with Crippen LogP contribution in [0.4, 0.5) is 0 Å². The fourth-order valence-electron chi connectivity index (χ4n) is 4.70. The molecule has 190 valence electrons. The van der Waals surface area contributed by atoms with Gasteiger partial charge in [0.05, 0.1) is 13.2 Å². The maximum absolute atomic E-state index is 12.8. The summed E-state index contributed by atoms with van der Waals surface area (Å²) in [4.78, 5) is 31.4. The number of rotatable bonds is 9. The van der Waals surface area contributed by atoms with Gasteiger partial charge >= 0.3 is 11.8 Å². The van der Waals surface area contributed by atoms with Gasteiger partial charge in [-0.25, -0.2) is 0 Å². The van der Waals surface area contributed by atoms with Crippen LogP contribution in [0.2, 0.25) is 0 Å². The molecule has 2 N–H and O–H groups in total. The number of methoxy groups -OCH3 is 1. The van der Waals surface area contributed by atoms with Gasteiger partial charge in [-0.05, 0) is 30.0 Å². The van der Waals surface area contributed by atoms with E-state index in [9.17, 15) is 9.59 Å². The summed E-state index contributed by atoms with van der Waals surface area (Å²) in [6.45, 7) is 6.85. The molecule has 1 aliphatic rings. The molecule has 0 aliphatic carbocycles. The fourth-order valence-corrected chi connectivity index (χ4v) is 5.66. The third-order valence-corrected chi connectivity index (χ3v) is 7.50. The first-order valence-corrected chi connectivity index (χ1v) is 13.2. The van der Waals surface area contributed by atoms with Gasteiger partial charge in [0.1, 0.15) is 5.75 Å². The second-order valence-corrected chi connectivity index (χ2v) is 9.99. The zero-order valence-electron chi connectivity index (χ0n) is 20.9. The predicted molar refractivity (Wildman–Crippen MR) is 143 cm³/mol. The molecular weight excluding hydrogens is 472 g/mol. The minimum atomic E-state index is -0.648. The summed E-state index contributed by atoms with van der Waals surface area (Å²) in [7, 11) is 1.58. The molecule has 0 unspecified atom stereocenters. The van der Waals surface area contributed by atoms with Gasteiger partial charge in [0.15, 0.2) is 0 Å². The highest BCUT2D eigenvalue weighted by molar-refractivity contribution is 7.10. The van der Waals surface area contributed by atoms with E-state index < -0.39 is 11.8 Å². The van der Waals surface area contributed by atoms with Crippen LogP contribution in [-0.2, 0) is 22.7 Å². The van der Waals surface area contributed by atoms with E-state index in [1.807, 2.05) is 43.3 Å². The number of piperazine rings is 1. The Morgan fingerprint density at radius 2 is 1.67 bits per heavy atom. The van der Waals surface area contributed by atoms with Crippen molar-refractivity contribution in [2.45, 2.75) is 32.1 Å². The summed E-state index contributed by atoms with van der Waals surface area (Å²) < 4.78 is 5.32. The highest BCUT2D eigenvalue weighted by Crippen LogP contribution is 2.29. The number of nitrogens with one attached hydrogen (secondary N) is 2. The minimum Gasteiger partial charge on any atom is -0.496 e. The Balaban J connectivity index is 1.34. The van der Waals surface area contributed by atoms with Crippen LogP contribution in [-0.4, -0.2) is 60.9 Å². The van der Waals surface area contributed by atoms with Crippen LogP contribution in [0, 0.1) is 0 Å². The average molecular weight is 507 g/mol. The van der Waals surface area contributed by atoms with E-state index in [0.717, 1.165) is 38.3 Å². The molecule has 0 bridgehead atoms. The van der Waals surface area contributed by atoms with Gasteiger partial charge in [-0.1, -0.05) is 54.6 Å². The lowest BCUT2D eigenvalue weighted by Crippen LogP contribution is -2.53. The first kappa shape index (κ1) is 25.9. The van der Waals surface area contributed by atoms with E-state index in [1.165, 1.54) is 10.4 Å². The fraction of sp³-hybridized carbons (Fsp3) is 0.357. The molecule has 8 heteroatoms. The predicted octanol–water partition coefficient (Wildman–Crippen LogP) is 3.44. The molecule has 1 aliphatic heterocycles. The molecule has 4 rings (SSSR count). The van der Waals surface area contributed by atoms with E-state index >= 15 is 0 Å². The molecule has 2 aromatic carbocycles. The van der Waals surface area contributed by atoms with Gasteiger partial charge in [0, 0.05) is 55.8 Å². The zero-order chi connectivity index (χ0) is 25.3. The van der Waals surface area contributed by atoms with Crippen LogP contribution >= 0.6 is 11.3 Å². The number of hydrogen-bond donors (Lipinski definition) is 2. The van der Waals surface area contributed by atoms with Crippen LogP contribution in [0.5, 0.6) is 5.75 Å². The smallest absolute Gasteiger partial charge is 0.309 e. The molecule has 1 aromatic heterocycles. The second-order valence-electron chi connectivity index (χ2n) is 9.01. The number of hydrogen-bond acceptors (Lipinski definition) is 6. The number of amides is 2. The van der Waals surface area contributed by atoms with Gasteiger partial charge in [-0.2, -0.15) is 0 Å². The van der Waals surface area contributed by atoms with Crippen molar-refractivity contribution in [1.82, 2.24) is 20.4 Å². The number of ether oxygens (including phenoxy) is 1. The van der Waals surface area contributed by atoms with Gasteiger partial charge in [0.2, 0.25) is 0 Å². The standard InChI is InChI=1S/C28H34N4O3S/c1-21(30-28(34)27(33)29-19-23-11-6-7-12-24(23)35-2)26(25-13-8-18-36-25)32-16-14-31(15-17-32)20-22-9-4-3-5-10-22/h3-13,18,21,26H,14-17,19-20H2,1-2H3,(H,29,33)(H,30,34)/t21-,26-/m0/s1. The molecule has 36 heavy (non-hydrogen) atoms. The number of para-hydroxylation sites is 1. The van der Waals surface area contributed by atoms with Gasteiger partial charge in [-0.3, -0.25) is 19.4 Å². The van der Waals surface area contributed by atoms with Gasteiger partial charge < -0.3 is 15.4 Å². The third kappa shape index (κ3) is 6.72. The highest BCUT2D eigenvalue weighted by Gasteiger charge is 2.31. The van der Waals surface area contributed by atoms with E-state index in [0.29, 0.717) is 5.75 Å². The van der Waals surface area contributed by atoms with E-state index in [2.05, 4.69) is 56.1 Å². The highest BCUT2D eigenvalue weighted by atomic mass is 32.1. The largest absolute Gasteiger partial charge is 0.496 e. The number of nitrogens with zero attached hydrogens (tertiary/aromatic N) is 2. The van der Waals surface area contributed by atoms with Gasteiger partial charge in [0.25, 0.3) is 0 Å². The van der Waals surface area contributed by atoms with Crippen molar-refractivity contribution in [3.63, 3.8) is 0 Å². The van der Waals surface area contributed by atoms with E-state index in [1.54, 1.807) is 18.4 Å². The Kier molecular flexibility index (Phi) is 9.11. The summed E-state index contributed by atoms with van der Waals surface area (Å²) in [5.74, 6) is -0.595. The molecule has 2 atom stereocenters. The van der Waals surface area contributed by atoms with Gasteiger partial charge in [-0.15, -0.1) is 11.3 Å². The first-order valence-electron chi connectivity index (χ1n) is 12.3. The summed E-state index contributed by atoms with van der Waals surface area (Å²) in [5, 5.41) is 7.72. The van der Waals surface area contributed by atoms with Crippen LogP contribution in [0.1, 0.15) is 29.0 Å². The summed E-state index contributed by atoms with van der Waals surface area (Å²) in [5.41, 5.74) is 2.14. The third-order valence-electron chi connectivity index (χ3n) is 6.55. The molecule has 1 saturated heterocycles. The Labute approximate surface area is 217 Å². The normalized spacial score (nSPS) is 16.2. The van der Waals surface area contributed by atoms with Crippen LogP contribution in [0.25, 0.3) is 0 Å². The van der Waals surface area contributed by atoms with Crippen molar-refractivity contribution in [3.8, 4) is 5.75 Å². The Morgan fingerprint density at radius 3 is 2.36 bits per heavy atom. The lowest BCUT2D eigenvalue weighted by molar-refractivity contribution is -0.140. The van der Waals surface area contributed by atoms with E-state index in [-0.39, 0.29) is 18.6 Å². The van der Waals surface area contributed by atoms with Crippen molar-refractivity contribution >= 4 is 23.2 Å². The van der Waals surface area contributed by atoms with Crippen LogP contribution in [0.15, 0.2) is 72.1 Å². The summed E-state index contributed by atoms with van der Waals surface area (Å²) in [6, 6.07) is 21.9. The van der Waals surface area contributed by atoms with Crippen molar-refractivity contribution in [3.05, 3.63) is 88.1 Å². The maximum Gasteiger partial charge on any atom is 0.309 e. The Hall–Kier alpha value is -3.20. The van der Waals surface area contributed by atoms with Crippen molar-refractivity contribution in [1.29, 1.82) is 0 Å². The molecular formula is C28H34N4O3S. The maximum atomic E-state index is 12.8. The molecule has 0 spiro atoms.